The summed E-state index contributed by atoms with van der Waals surface area (Å²) in [6.07, 6.45) is 4.17. The van der Waals surface area contributed by atoms with Crippen LogP contribution in [0.4, 0.5) is 4.39 Å². The van der Waals surface area contributed by atoms with E-state index in [1.165, 1.54) is 6.07 Å². The van der Waals surface area contributed by atoms with Gasteiger partial charge in [0.05, 0.1) is 6.42 Å². The molecule has 2 unspecified atom stereocenters. The molecule has 1 fully saturated rings. The van der Waals surface area contributed by atoms with Crippen LogP contribution in [0.3, 0.4) is 0 Å². The molecule has 1 aliphatic carbocycles. The fourth-order valence-electron chi connectivity index (χ4n) is 2.41. The van der Waals surface area contributed by atoms with Crippen LogP contribution in [-0.2, 0) is 11.2 Å². The van der Waals surface area contributed by atoms with Crippen molar-refractivity contribution in [3.63, 3.8) is 0 Å². The summed E-state index contributed by atoms with van der Waals surface area (Å²) in [5, 5.41) is 2.91. The second-order valence-corrected chi connectivity index (χ2v) is 4.89. The van der Waals surface area contributed by atoms with Crippen molar-refractivity contribution in [3.8, 4) is 0 Å². The SMILES string of the molecule is NC1CCCCC1NC(=O)Cc1ccccc1F. The highest BCUT2D eigenvalue weighted by atomic mass is 19.1. The first kappa shape index (κ1) is 13.0. The van der Waals surface area contributed by atoms with Crippen LogP contribution in [0.1, 0.15) is 31.2 Å². The van der Waals surface area contributed by atoms with Gasteiger partial charge in [0.15, 0.2) is 0 Å². The first-order chi connectivity index (χ1) is 8.66. The van der Waals surface area contributed by atoms with Gasteiger partial charge in [-0.05, 0) is 24.5 Å². The quantitative estimate of drug-likeness (QED) is 0.858. The number of carbonyl (C=O) groups excluding carboxylic acids is 1. The van der Waals surface area contributed by atoms with Gasteiger partial charge in [-0.3, -0.25) is 4.79 Å². The number of rotatable bonds is 3. The molecule has 1 aliphatic rings. The normalized spacial score (nSPS) is 23.7. The van der Waals surface area contributed by atoms with Gasteiger partial charge in [-0.1, -0.05) is 31.0 Å². The van der Waals surface area contributed by atoms with E-state index in [4.69, 9.17) is 5.73 Å². The number of hydrogen-bond acceptors (Lipinski definition) is 2. The van der Waals surface area contributed by atoms with Crippen LogP contribution in [0, 0.1) is 5.82 Å². The smallest absolute Gasteiger partial charge is 0.224 e. The molecule has 2 atom stereocenters. The minimum Gasteiger partial charge on any atom is -0.352 e. The van der Waals surface area contributed by atoms with Crippen LogP contribution in [0.5, 0.6) is 0 Å². The Morgan fingerprint density at radius 2 is 2.06 bits per heavy atom. The van der Waals surface area contributed by atoms with E-state index in [1.54, 1.807) is 18.2 Å². The maximum Gasteiger partial charge on any atom is 0.224 e. The largest absolute Gasteiger partial charge is 0.352 e. The number of nitrogens with two attached hydrogens (primary N) is 1. The van der Waals surface area contributed by atoms with E-state index in [-0.39, 0.29) is 30.2 Å². The molecular weight excluding hydrogens is 231 g/mol. The van der Waals surface area contributed by atoms with Crippen LogP contribution in [-0.4, -0.2) is 18.0 Å². The van der Waals surface area contributed by atoms with Crippen molar-refractivity contribution in [2.75, 3.05) is 0 Å². The van der Waals surface area contributed by atoms with E-state index >= 15 is 0 Å². The van der Waals surface area contributed by atoms with Gasteiger partial charge in [0.1, 0.15) is 5.82 Å². The lowest BCUT2D eigenvalue weighted by atomic mass is 9.91. The highest BCUT2D eigenvalue weighted by Crippen LogP contribution is 2.17. The molecule has 2 rings (SSSR count). The Hall–Kier alpha value is -1.42. The fraction of sp³-hybridized carbons (Fsp3) is 0.500. The number of hydrogen-bond donors (Lipinski definition) is 2. The molecule has 1 aromatic carbocycles. The Morgan fingerprint density at radius 1 is 1.33 bits per heavy atom. The summed E-state index contributed by atoms with van der Waals surface area (Å²) in [4.78, 5) is 11.8. The molecular formula is C14H19FN2O. The highest BCUT2D eigenvalue weighted by Gasteiger charge is 2.23. The molecule has 1 aromatic rings. The first-order valence-electron chi connectivity index (χ1n) is 6.45. The van der Waals surface area contributed by atoms with E-state index in [9.17, 15) is 9.18 Å². The molecule has 0 bridgehead atoms. The van der Waals surface area contributed by atoms with Gasteiger partial charge in [-0.2, -0.15) is 0 Å². The lowest BCUT2D eigenvalue weighted by Crippen LogP contribution is -2.49. The number of amides is 1. The van der Waals surface area contributed by atoms with Gasteiger partial charge in [0.2, 0.25) is 5.91 Å². The summed E-state index contributed by atoms with van der Waals surface area (Å²) in [5.41, 5.74) is 6.39. The second kappa shape index (κ2) is 5.96. The average molecular weight is 250 g/mol. The molecule has 0 spiro atoms. The first-order valence-corrected chi connectivity index (χ1v) is 6.45. The van der Waals surface area contributed by atoms with Gasteiger partial charge >= 0.3 is 0 Å². The third-order valence-corrected chi connectivity index (χ3v) is 3.47. The van der Waals surface area contributed by atoms with Gasteiger partial charge in [-0.15, -0.1) is 0 Å². The van der Waals surface area contributed by atoms with Crippen LogP contribution < -0.4 is 11.1 Å². The number of nitrogens with one attached hydrogen (secondary N) is 1. The molecule has 1 amide bonds. The topological polar surface area (TPSA) is 55.1 Å². The molecule has 1 saturated carbocycles. The Morgan fingerprint density at radius 3 is 2.78 bits per heavy atom. The van der Waals surface area contributed by atoms with E-state index in [2.05, 4.69) is 5.32 Å². The third-order valence-electron chi connectivity index (χ3n) is 3.47. The van der Waals surface area contributed by atoms with Gasteiger partial charge in [0, 0.05) is 12.1 Å². The summed E-state index contributed by atoms with van der Waals surface area (Å²) in [5.74, 6) is -0.483. The third kappa shape index (κ3) is 3.29. The van der Waals surface area contributed by atoms with Crippen LogP contribution >= 0.6 is 0 Å². The number of carbonyl (C=O) groups is 1. The standard InChI is InChI=1S/C14H19FN2O/c15-11-6-2-1-5-10(11)9-14(18)17-13-8-4-3-7-12(13)16/h1-2,5-6,12-13H,3-4,7-9,16H2,(H,17,18). The van der Waals surface area contributed by atoms with Gasteiger partial charge in [-0.25, -0.2) is 4.39 Å². The predicted molar refractivity (Wildman–Crippen MR) is 68.5 cm³/mol. The van der Waals surface area contributed by atoms with E-state index < -0.39 is 0 Å². The Bertz CT molecular complexity index is 422. The molecule has 0 aliphatic heterocycles. The van der Waals surface area contributed by atoms with Gasteiger partial charge < -0.3 is 11.1 Å². The summed E-state index contributed by atoms with van der Waals surface area (Å²) in [6.45, 7) is 0. The molecule has 0 heterocycles. The number of halogens is 1. The molecule has 0 aromatic heterocycles. The molecule has 4 heteroatoms. The highest BCUT2D eigenvalue weighted by molar-refractivity contribution is 5.79. The van der Waals surface area contributed by atoms with Gasteiger partial charge in [0.25, 0.3) is 0 Å². The van der Waals surface area contributed by atoms with Crippen molar-refractivity contribution in [2.24, 2.45) is 5.73 Å². The maximum absolute atomic E-state index is 13.4. The molecule has 0 radical (unpaired) electrons. The Labute approximate surface area is 107 Å². The summed E-state index contributed by atoms with van der Waals surface area (Å²) in [7, 11) is 0. The second-order valence-electron chi connectivity index (χ2n) is 4.89. The van der Waals surface area contributed by atoms with E-state index in [1.807, 2.05) is 0 Å². The molecule has 18 heavy (non-hydrogen) atoms. The molecule has 3 nitrogen and oxygen atoms in total. The molecule has 0 saturated heterocycles. The molecule has 98 valence electrons. The fourth-order valence-corrected chi connectivity index (χ4v) is 2.41. The zero-order valence-corrected chi connectivity index (χ0v) is 10.4. The van der Waals surface area contributed by atoms with E-state index in [0.717, 1.165) is 25.7 Å². The summed E-state index contributed by atoms with van der Waals surface area (Å²) >= 11 is 0. The van der Waals surface area contributed by atoms with Crippen molar-refractivity contribution < 1.29 is 9.18 Å². The lowest BCUT2D eigenvalue weighted by Gasteiger charge is -2.29. The predicted octanol–water partition coefficient (Wildman–Crippen LogP) is 1.75. The van der Waals surface area contributed by atoms with Crippen molar-refractivity contribution in [1.82, 2.24) is 5.32 Å². The van der Waals surface area contributed by atoms with Crippen molar-refractivity contribution in [3.05, 3.63) is 35.6 Å². The van der Waals surface area contributed by atoms with Crippen molar-refractivity contribution in [2.45, 2.75) is 44.2 Å². The molecule has 3 N–H and O–H groups in total. The van der Waals surface area contributed by atoms with Crippen LogP contribution in [0.2, 0.25) is 0 Å². The van der Waals surface area contributed by atoms with E-state index in [0.29, 0.717) is 5.56 Å². The Balaban J connectivity index is 1.90. The maximum atomic E-state index is 13.4. The lowest BCUT2D eigenvalue weighted by molar-refractivity contribution is -0.121. The van der Waals surface area contributed by atoms with Crippen LogP contribution in [0.25, 0.3) is 0 Å². The van der Waals surface area contributed by atoms with Crippen molar-refractivity contribution in [1.29, 1.82) is 0 Å². The summed E-state index contributed by atoms with van der Waals surface area (Å²) in [6, 6.07) is 6.43. The monoisotopic (exact) mass is 250 g/mol. The summed E-state index contributed by atoms with van der Waals surface area (Å²) < 4.78 is 13.4. The minimum absolute atomic E-state index is 0.0309. The van der Waals surface area contributed by atoms with Crippen molar-refractivity contribution >= 4 is 5.91 Å². The Kier molecular flexibility index (Phi) is 4.31. The minimum atomic E-state index is -0.333. The number of benzene rings is 1. The average Bonchev–Trinajstić information content (AvgIpc) is 2.35. The van der Waals surface area contributed by atoms with Crippen LogP contribution in [0.15, 0.2) is 24.3 Å². The zero-order chi connectivity index (χ0) is 13.0. The zero-order valence-electron chi connectivity index (χ0n) is 10.4.